The van der Waals surface area contributed by atoms with Gasteiger partial charge in [0.05, 0.1) is 5.69 Å². The lowest BCUT2D eigenvalue weighted by molar-refractivity contribution is 0.199. The van der Waals surface area contributed by atoms with Crippen molar-refractivity contribution in [1.82, 2.24) is 4.98 Å². The maximum atomic E-state index is 9.26. The van der Waals surface area contributed by atoms with Crippen molar-refractivity contribution in [3.05, 3.63) is 17.8 Å². The molecule has 1 aromatic heterocycles. The summed E-state index contributed by atoms with van der Waals surface area (Å²) >= 11 is 0. The molecule has 1 aliphatic rings. The molecule has 0 saturated heterocycles. The minimum Gasteiger partial charge on any atom is -0.396 e. The number of hydrogen-bond donors (Lipinski definition) is 3. The largest absolute Gasteiger partial charge is 0.396 e. The third-order valence-corrected chi connectivity index (χ3v) is 3.64. The summed E-state index contributed by atoms with van der Waals surface area (Å²) in [5.41, 5.74) is 7.67. The molecule has 2 atom stereocenters. The Morgan fingerprint density at radius 3 is 2.94 bits per heavy atom. The van der Waals surface area contributed by atoms with Gasteiger partial charge in [-0.05, 0) is 43.2 Å². The van der Waals surface area contributed by atoms with Crippen molar-refractivity contribution in [1.29, 1.82) is 0 Å². The second-order valence-electron chi connectivity index (χ2n) is 4.97. The first-order chi connectivity index (χ1) is 8.20. The van der Waals surface area contributed by atoms with Crippen LogP contribution in [0.4, 0.5) is 11.5 Å². The Bertz CT molecular complexity index is 381. The number of aliphatic hydroxyl groups is 1. The number of nitrogens with two attached hydrogens (primary N) is 1. The SMILES string of the molecule is Cc1cnc(NCC2CCCC2CO)c(N)c1. The van der Waals surface area contributed by atoms with Gasteiger partial charge in [-0.1, -0.05) is 6.42 Å². The molecule has 1 aromatic rings. The van der Waals surface area contributed by atoms with Gasteiger partial charge in [0.2, 0.25) is 0 Å². The molecular formula is C13H21N3O. The Kier molecular flexibility index (Phi) is 3.84. The number of aryl methyl sites for hydroxylation is 1. The van der Waals surface area contributed by atoms with Crippen LogP contribution in [-0.4, -0.2) is 23.2 Å². The average molecular weight is 235 g/mol. The van der Waals surface area contributed by atoms with Crippen molar-refractivity contribution >= 4 is 11.5 Å². The summed E-state index contributed by atoms with van der Waals surface area (Å²) in [5.74, 6) is 1.75. The van der Waals surface area contributed by atoms with E-state index in [1.54, 1.807) is 0 Å². The molecule has 1 saturated carbocycles. The van der Waals surface area contributed by atoms with Gasteiger partial charge in [0, 0.05) is 19.3 Å². The van der Waals surface area contributed by atoms with Gasteiger partial charge in [0.25, 0.3) is 0 Å². The van der Waals surface area contributed by atoms with Crippen molar-refractivity contribution in [3.8, 4) is 0 Å². The molecule has 17 heavy (non-hydrogen) atoms. The Morgan fingerprint density at radius 1 is 1.47 bits per heavy atom. The molecule has 4 nitrogen and oxygen atoms in total. The summed E-state index contributed by atoms with van der Waals surface area (Å²) in [6.07, 6.45) is 5.36. The predicted octanol–water partition coefficient (Wildman–Crippen LogP) is 1.79. The molecule has 0 bridgehead atoms. The molecule has 1 fully saturated rings. The Balaban J connectivity index is 1.93. The zero-order valence-electron chi connectivity index (χ0n) is 10.3. The van der Waals surface area contributed by atoms with Gasteiger partial charge in [0.15, 0.2) is 0 Å². The van der Waals surface area contributed by atoms with Gasteiger partial charge >= 0.3 is 0 Å². The molecular weight excluding hydrogens is 214 g/mol. The molecule has 4 N–H and O–H groups in total. The lowest BCUT2D eigenvalue weighted by Gasteiger charge is -2.18. The normalized spacial score (nSPS) is 23.9. The standard InChI is InChI=1S/C13H21N3O/c1-9-5-12(14)13(15-6-9)16-7-10-3-2-4-11(10)8-17/h5-6,10-11,17H,2-4,7-8,14H2,1H3,(H,15,16). The summed E-state index contributed by atoms with van der Waals surface area (Å²) in [7, 11) is 0. The van der Waals surface area contributed by atoms with Gasteiger partial charge in [-0.3, -0.25) is 0 Å². The van der Waals surface area contributed by atoms with E-state index >= 15 is 0 Å². The first kappa shape index (κ1) is 12.2. The fourth-order valence-corrected chi connectivity index (χ4v) is 2.59. The molecule has 2 unspecified atom stereocenters. The summed E-state index contributed by atoms with van der Waals surface area (Å²) in [4.78, 5) is 4.29. The van der Waals surface area contributed by atoms with Crippen molar-refractivity contribution in [2.24, 2.45) is 11.8 Å². The van der Waals surface area contributed by atoms with Gasteiger partial charge in [-0.25, -0.2) is 4.98 Å². The maximum absolute atomic E-state index is 9.26. The number of hydrogen-bond acceptors (Lipinski definition) is 4. The van der Waals surface area contributed by atoms with Crippen LogP contribution in [0.2, 0.25) is 0 Å². The van der Waals surface area contributed by atoms with Crippen molar-refractivity contribution in [2.75, 3.05) is 24.2 Å². The van der Waals surface area contributed by atoms with Gasteiger partial charge in [-0.15, -0.1) is 0 Å². The van der Waals surface area contributed by atoms with Crippen LogP contribution in [0.15, 0.2) is 12.3 Å². The number of nitrogen functional groups attached to an aromatic ring is 1. The van der Waals surface area contributed by atoms with Crippen LogP contribution in [0, 0.1) is 18.8 Å². The third-order valence-electron chi connectivity index (χ3n) is 3.64. The second-order valence-corrected chi connectivity index (χ2v) is 4.97. The fourth-order valence-electron chi connectivity index (χ4n) is 2.59. The van der Waals surface area contributed by atoms with E-state index in [1.165, 1.54) is 12.8 Å². The van der Waals surface area contributed by atoms with E-state index in [2.05, 4.69) is 10.3 Å². The van der Waals surface area contributed by atoms with Crippen LogP contribution in [0.3, 0.4) is 0 Å². The predicted molar refractivity (Wildman–Crippen MR) is 69.8 cm³/mol. The molecule has 1 aliphatic carbocycles. The van der Waals surface area contributed by atoms with E-state index in [0.29, 0.717) is 24.1 Å². The van der Waals surface area contributed by atoms with Crippen LogP contribution in [0.5, 0.6) is 0 Å². The first-order valence-corrected chi connectivity index (χ1v) is 6.27. The summed E-state index contributed by atoms with van der Waals surface area (Å²) in [5, 5.41) is 12.6. The molecule has 1 heterocycles. The fraction of sp³-hybridized carbons (Fsp3) is 0.615. The number of aromatic nitrogens is 1. The highest BCUT2D eigenvalue weighted by Crippen LogP contribution is 2.31. The minimum absolute atomic E-state index is 0.295. The number of nitrogens with one attached hydrogen (secondary N) is 1. The number of pyridine rings is 1. The van der Waals surface area contributed by atoms with Gasteiger partial charge < -0.3 is 16.2 Å². The molecule has 0 amide bonds. The lowest BCUT2D eigenvalue weighted by Crippen LogP contribution is -2.21. The smallest absolute Gasteiger partial charge is 0.149 e. The topological polar surface area (TPSA) is 71.2 Å². The summed E-state index contributed by atoms with van der Waals surface area (Å²) in [6, 6.07) is 1.92. The van der Waals surface area contributed by atoms with E-state index in [4.69, 9.17) is 5.73 Å². The quantitative estimate of drug-likeness (QED) is 0.744. The van der Waals surface area contributed by atoms with E-state index in [1.807, 2.05) is 19.2 Å². The van der Waals surface area contributed by atoms with Gasteiger partial charge in [0.1, 0.15) is 5.82 Å². The maximum Gasteiger partial charge on any atom is 0.149 e. The zero-order chi connectivity index (χ0) is 12.3. The number of rotatable bonds is 4. The number of nitrogens with zero attached hydrogens (tertiary/aromatic N) is 1. The van der Waals surface area contributed by atoms with Crippen LogP contribution in [-0.2, 0) is 0 Å². The van der Waals surface area contributed by atoms with Crippen LogP contribution in [0.25, 0.3) is 0 Å². The molecule has 4 heteroatoms. The summed E-state index contributed by atoms with van der Waals surface area (Å²) < 4.78 is 0. The lowest BCUT2D eigenvalue weighted by atomic mass is 9.97. The third kappa shape index (κ3) is 2.88. The van der Waals surface area contributed by atoms with E-state index < -0.39 is 0 Å². The molecule has 94 valence electrons. The van der Waals surface area contributed by atoms with Gasteiger partial charge in [-0.2, -0.15) is 0 Å². The Morgan fingerprint density at radius 2 is 2.24 bits per heavy atom. The van der Waals surface area contributed by atoms with Crippen LogP contribution >= 0.6 is 0 Å². The zero-order valence-corrected chi connectivity index (χ0v) is 10.3. The Labute approximate surface area is 102 Å². The minimum atomic E-state index is 0.295. The van der Waals surface area contributed by atoms with E-state index in [0.717, 1.165) is 24.3 Å². The highest BCUT2D eigenvalue weighted by atomic mass is 16.3. The average Bonchev–Trinajstić information content (AvgIpc) is 2.75. The molecule has 0 aromatic carbocycles. The molecule has 0 aliphatic heterocycles. The van der Waals surface area contributed by atoms with Crippen molar-refractivity contribution in [3.63, 3.8) is 0 Å². The molecule has 2 rings (SSSR count). The van der Waals surface area contributed by atoms with Crippen molar-refractivity contribution in [2.45, 2.75) is 26.2 Å². The van der Waals surface area contributed by atoms with Crippen molar-refractivity contribution < 1.29 is 5.11 Å². The van der Waals surface area contributed by atoms with E-state index in [-0.39, 0.29) is 0 Å². The monoisotopic (exact) mass is 235 g/mol. The highest BCUT2D eigenvalue weighted by molar-refractivity contribution is 5.61. The first-order valence-electron chi connectivity index (χ1n) is 6.27. The second kappa shape index (κ2) is 5.36. The number of anilines is 2. The summed E-state index contributed by atoms with van der Waals surface area (Å²) in [6.45, 7) is 3.13. The number of aliphatic hydroxyl groups excluding tert-OH is 1. The molecule has 0 spiro atoms. The van der Waals surface area contributed by atoms with Crippen LogP contribution < -0.4 is 11.1 Å². The van der Waals surface area contributed by atoms with Crippen LogP contribution in [0.1, 0.15) is 24.8 Å². The molecule has 0 radical (unpaired) electrons. The van der Waals surface area contributed by atoms with E-state index in [9.17, 15) is 5.11 Å². The Hall–Kier alpha value is -1.29. The highest BCUT2D eigenvalue weighted by Gasteiger charge is 2.26.